The van der Waals surface area contributed by atoms with Crippen LogP contribution in [0, 0.1) is 0 Å². The Bertz CT molecular complexity index is 702. The maximum absolute atomic E-state index is 13.2. The Morgan fingerprint density at radius 3 is 2.26 bits per heavy atom. The van der Waals surface area contributed by atoms with Gasteiger partial charge in [-0.15, -0.1) is 3.89 Å². The fraction of sp³-hybridized carbons (Fsp3) is 0.533. The largest absolute Gasteiger partial charge is 0.367 e. The molecule has 0 saturated carbocycles. The number of rotatable bonds is 3. The van der Waals surface area contributed by atoms with E-state index in [1.807, 2.05) is 12.1 Å². The lowest BCUT2D eigenvalue weighted by Crippen LogP contribution is -2.45. The van der Waals surface area contributed by atoms with Crippen molar-refractivity contribution in [2.45, 2.75) is 11.7 Å². The van der Waals surface area contributed by atoms with Gasteiger partial charge >= 0.3 is 10.2 Å². The molecule has 2 aliphatic heterocycles. The number of amides is 1. The van der Waals surface area contributed by atoms with E-state index in [2.05, 4.69) is 16.8 Å². The van der Waals surface area contributed by atoms with Crippen LogP contribution in [0.2, 0.25) is 0 Å². The van der Waals surface area contributed by atoms with Gasteiger partial charge in [-0.1, -0.05) is 12.1 Å². The van der Waals surface area contributed by atoms with E-state index >= 15 is 0 Å². The summed E-state index contributed by atoms with van der Waals surface area (Å²) in [4.78, 5) is 18.0. The SMILES string of the molecule is CN1CCN(c2ccccc2N2CC(S(=O)(=O)F)CC2=O)CC1. The molecule has 1 amide bonds. The van der Waals surface area contributed by atoms with E-state index in [-0.39, 0.29) is 18.9 Å². The lowest BCUT2D eigenvalue weighted by Gasteiger charge is -2.36. The number of nitrogens with zero attached hydrogens (tertiary/aromatic N) is 3. The molecule has 1 aromatic carbocycles. The van der Waals surface area contributed by atoms with Crippen molar-refractivity contribution < 1.29 is 17.1 Å². The molecule has 6 nitrogen and oxygen atoms in total. The van der Waals surface area contributed by atoms with Crippen molar-refractivity contribution in [3.8, 4) is 0 Å². The molecule has 0 radical (unpaired) electrons. The summed E-state index contributed by atoms with van der Waals surface area (Å²) in [6, 6.07) is 7.41. The van der Waals surface area contributed by atoms with Gasteiger partial charge in [-0.2, -0.15) is 8.42 Å². The van der Waals surface area contributed by atoms with E-state index in [9.17, 15) is 17.1 Å². The summed E-state index contributed by atoms with van der Waals surface area (Å²) in [6.07, 6.45) is -0.296. The summed E-state index contributed by atoms with van der Waals surface area (Å²) in [6.45, 7) is 3.39. The Morgan fingerprint density at radius 1 is 1.09 bits per heavy atom. The molecule has 2 heterocycles. The molecule has 0 spiro atoms. The summed E-state index contributed by atoms with van der Waals surface area (Å²) in [5.74, 6) is -0.349. The Kier molecular flexibility index (Phi) is 4.29. The normalized spacial score (nSPS) is 23.6. The van der Waals surface area contributed by atoms with Crippen molar-refractivity contribution in [2.75, 3.05) is 49.6 Å². The van der Waals surface area contributed by atoms with E-state index in [0.717, 1.165) is 31.9 Å². The Labute approximate surface area is 135 Å². The molecule has 1 unspecified atom stereocenters. The van der Waals surface area contributed by atoms with Crippen molar-refractivity contribution in [3.63, 3.8) is 0 Å². The number of carbonyl (C=O) groups is 1. The number of benzene rings is 1. The zero-order chi connectivity index (χ0) is 16.6. The number of anilines is 2. The summed E-state index contributed by atoms with van der Waals surface area (Å²) >= 11 is 0. The maximum Gasteiger partial charge on any atom is 0.307 e. The minimum Gasteiger partial charge on any atom is -0.367 e. The summed E-state index contributed by atoms with van der Waals surface area (Å²) in [5, 5.41) is -1.27. The Morgan fingerprint density at radius 2 is 1.70 bits per heavy atom. The molecule has 0 N–H and O–H groups in total. The average molecular weight is 341 g/mol. The first kappa shape index (κ1) is 16.2. The maximum atomic E-state index is 13.2. The van der Waals surface area contributed by atoms with Crippen LogP contribution in [0.15, 0.2) is 24.3 Å². The van der Waals surface area contributed by atoms with Gasteiger partial charge in [0.2, 0.25) is 5.91 Å². The molecule has 2 saturated heterocycles. The third-order valence-electron chi connectivity index (χ3n) is 4.50. The van der Waals surface area contributed by atoms with Gasteiger partial charge < -0.3 is 14.7 Å². The van der Waals surface area contributed by atoms with E-state index in [4.69, 9.17) is 0 Å². The molecule has 0 aromatic heterocycles. The second kappa shape index (κ2) is 6.09. The van der Waals surface area contributed by atoms with Crippen molar-refractivity contribution >= 4 is 27.5 Å². The molecule has 23 heavy (non-hydrogen) atoms. The summed E-state index contributed by atoms with van der Waals surface area (Å²) in [7, 11) is -2.64. The Balaban J connectivity index is 1.88. The number of para-hydroxylation sites is 2. The van der Waals surface area contributed by atoms with Crippen molar-refractivity contribution in [3.05, 3.63) is 24.3 Å². The van der Waals surface area contributed by atoms with Crippen molar-refractivity contribution in [1.29, 1.82) is 0 Å². The van der Waals surface area contributed by atoms with Gasteiger partial charge in [-0.3, -0.25) is 4.79 Å². The quantitative estimate of drug-likeness (QED) is 0.763. The van der Waals surface area contributed by atoms with Crippen LogP contribution in [0.4, 0.5) is 15.3 Å². The van der Waals surface area contributed by atoms with Crippen LogP contribution in [-0.4, -0.2) is 64.2 Å². The van der Waals surface area contributed by atoms with Crippen LogP contribution in [-0.2, 0) is 15.0 Å². The standard InChI is InChI=1S/C15H20FN3O3S/c1-17-6-8-18(9-7-17)13-4-2-3-5-14(13)19-11-12(10-15(19)20)23(16,21)22/h2-5,12H,6-11H2,1H3. The van der Waals surface area contributed by atoms with Crippen LogP contribution in [0.1, 0.15) is 6.42 Å². The summed E-state index contributed by atoms with van der Waals surface area (Å²) in [5.41, 5.74) is 1.55. The molecule has 1 atom stereocenters. The predicted octanol–water partition coefficient (Wildman–Crippen LogP) is 0.843. The molecule has 1 aromatic rings. The van der Waals surface area contributed by atoms with Crippen molar-refractivity contribution in [2.24, 2.45) is 0 Å². The molecule has 2 fully saturated rings. The first-order chi connectivity index (χ1) is 10.9. The lowest BCUT2D eigenvalue weighted by molar-refractivity contribution is -0.117. The smallest absolute Gasteiger partial charge is 0.307 e. The monoisotopic (exact) mass is 341 g/mol. The highest BCUT2D eigenvalue weighted by atomic mass is 32.3. The van der Waals surface area contributed by atoms with Gasteiger partial charge in [0, 0.05) is 39.1 Å². The van der Waals surface area contributed by atoms with E-state index in [1.54, 1.807) is 12.1 Å². The molecular formula is C15H20FN3O3S. The van der Waals surface area contributed by atoms with Crippen molar-refractivity contribution in [1.82, 2.24) is 4.90 Å². The van der Waals surface area contributed by atoms with E-state index in [0.29, 0.717) is 5.69 Å². The number of hydrogen-bond acceptors (Lipinski definition) is 5. The van der Waals surface area contributed by atoms with Gasteiger partial charge in [0.25, 0.3) is 0 Å². The van der Waals surface area contributed by atoms with Crippen LogP contribution in [0.5, 0.6) is 0 Å². The van der Waals surface area contributed by atoms with Gasteiger partial charge in [-0.25, -0.2) is 0 Å². The number of halogens is 1. The molecule has 0 bridgehead atoms. The summed E-state index contributed by atoms with van der Waals surface area (Å²) < 4.78 is 35.5. The molecule has 3 rings (SSSR count). The molecule has 2 aliphatic rings. The highest BCUT2D eigenvalue weighted by Gasteiger charge is 2.40. The topological polar surface area (TPSA) is 60.9 Å². The third kappa shape index (κ3) is 3.32. The van der Waals surface area contributed by atoms with Gasteiger partial charge in [0.15, 0.2) is 0 Å². The molecular weight excluding hydrogens is 321 g/mol. The van der Waals surface area contributed by atoms with Crippen LogP contribution >= 0.6 is 0 Å². The van der Waals surface area contributed by atoms with Gasteiger partial charge in [0.05, 0.1) is 11.4 Å². The predicted molar refractivity (Wildman–Crippen MR) is 86.9 cm³/mol. The fourth-order valence-corrected chi connectivity index (χ4v) is 3.77. The minimum atomic E-state index is -4.70. The lowest BCUT2D eigenvalue weighted by atomic mass is 10.2. The first-order valence-corrected chi connectivity index (χ1v) is 9.07. The second-order valence-corrected chi connectivity index (χ2v) is 7.70. The number of hydrogen-bond donors (Lipinski definition) is 0. The van der Waals surface area contributed by atoms with Crippen LogP contribution in [0.3, 0.4) is 0 Å². The third-order valence-corrected chi connectivity index (χ3v) is 5.62. The molecule has 126 valence electrons. The van der Waals surface area contributed by atoms with Crippen LogP contribution < -0.4 is 9.80 Å². The molecule has 0 aliphatic carbocycles. The first-order valence-electron chi connectivity index (χ1n) is 7.62. The minimum absolute atomic E-state index is 0.123. The number of piperazine rings is 1. The van der Waals surface area contributed by atoms with Crippen LogP contribution in [0.25, 0.3) is 0 Å². The van der Waals surface area contributed by atoms with Gasteiger partial charge in [-0.05, 0) is 19.2 Å². The average Bonchev–Trinajstić information content (AvgIpc) is 2.90. The molecule has 8 heteroatoms. The Hall–Kier alpha value is -1.67. The van der Waals surface area contributed by atoms with Gasteiger partial charge in [0.1, 0.15) is 5.25 Å². The van der Waals surface area contributed by atoms with E-state index in [1.165, 1.54) is 4.90 Å². The van der Waals surface area contributed by atoms with E-state index < -0.39 is 15.5 Å². The second-order valence-electron chi connectivity index (χ2n) is 6.09. The zero-order valence-electron chi connectivity index (χ0n) is 13.0. The number of likely N-dealkylation sites (N-methyl/N-ethyl adjacent to an activating group) is 1. The highest BCUT2D eigenvalue weighted by molar-refractivity contribution is 7.87. The highest BCUT2D eigenvalue weighted by Crippen LogP contribution is 2.34. The fourth-order valence-electron chi connectivity index (χ4n) is 3.10. The zero-order valence-corrected chi connectivity index (χ0v) is 13.8. The number of carbonyl (C=O) groups excluding carboxylic acids is 1.